The van der Waals surface area contributed by atoms with Gasteiger partial charge in [-0.05, 0) is 12.3 Å². The molecule has 0 aliphatic rings. The molecule has 1 radical (unpaired) electrons. The van der Waals surface area contributed by atoms with Gasteiger partial charge in [0.2, 0.25) is 6.29 Å². The van der Waals surface area contributed by atoms with Crippen molar-refractivity contribution < 1.29 is 9.59 Å². The van der Waals surface area contributed by atoms with Crippen LogP contribution in [0.2, 0.25) is 0 Å². The lowest BCUT2D eigenvalue weighted by Crippen LogP contribution is -2.12. The third-order valence-corrected chi connectivity index (χ3v) is 1.93. The van der Waals surface area contributed by atoms with Gasteiger partial charge in [-0.2, -0.15) is 12.6 Å². The lowest BCUT2D eigenvalue weighted by Gasteiger charge is -2.09. The third kappa shape index (κ3) is 5.35. The first kappa shape index (κ1) is 11.7. The van der Waals surface area contributed by atoms with E-state index in [1.807, 2.05) is 20.1 Å². The molecular weight excluding hydrogens is 172 g/mol. The Balaban J connectivity index is 3.82. The maximum atomic E-state index is 10.9. The largest absolute Gasteiger partial charge is 0.299 e. The molecule has 0 aromatic heterocycles. The zero-order chi connectivity index (χ0) is 9.56. The summed E-state index contributed by atoms with van der Waals surface area (Å²) < 4.78 is 0. The van der Waals surface area contributed by atoms with Gasteiger partial charge >= 0.3 is 0 Å². The van der Waals surface area contributed by atoms with Crippen molar-refractivity contribution in [3.63, 3.8) is 0 Å². The van der Waals surface area contributed by atoms with E-state index in [-0.39, 0.29) is 17.5 Å². The van der Waals surface area contributed by atoms with Crippen molar-refractivity contribution in [2.24, 2.45) is 11.8 Å². The number of thiol groups is 1. The molecule has 0 amide bonds. The van der Waals surface area contributed by atoms with E-state index >= 15 is 0 Å². The van der Waals surface area contributed by atoms with Crippen molar-refractivity contribution in [2.45, 2.75) is 26.7 Å². The van der Waals surface area contributed by atoms with Gasteiger partial charge in [0.05, 0.1) is 0 Å². The number of rotatable bonds is 6. The molecule has 0 unspecified atom stereocenters. The van der Waals surface area contributed by atoms with Gasteiger partial charge in [-0.15, -0.1) is 0 Å². The summed E-state index contributed by atoms with van der Waals surface area (Å²) in [7, 11) is 0. The molecule has 0 aliphatic carbocycles. The van der Waals surface area contributed by atoms with Gasteiger partial charge in [0.15, 0.2) is 0 Å². The molecule has 0 fully saturated rings. The molecule has 0 rings (SSSR count). The summed E-state index contributed by atoms with van der Waals surface area (Å²) in [5.41, 5.74) is 0. The van der Waals surface area contributed by atoms with Crippen LogP contribution >= 0.6 is 12.6 Å². The zero-order valence-corrected chi connectivity index (χ0v) is 8.43. The van der Waals surface area contributed by atoms with Crippen LogP contribution in [0.3, 0.4) is 0 Å². The monoisotopic (exact) mass is 187 g/mol. The van der Waals surface area contributed by atoms with E-state index < -0.39 is 0 Å². The van der Waals surface area contributed by atoms with Crippen LogP contribution in [0.25, 0.3) is 0 Å². The fourth-order valence-electron chi connectivity index (χ4n) is 1.08. The van der Waals surface area contributed by atoms with E-state index in [0.717, 1.165) is 6.42 Å². The fraction of sp³-hybridized carbons (Fsp3) is 0.778. The highest BCUT2D eigenvalue weighted by Crippen LogP contribution is 2.13. The molecule has 3 heteroatoms. The lowest BCUT2D eigenvalue weighted by atomic mass is 9.94. The van der Waals surface area contributed by atoms with Crippen molar-refractivity contribution in [1.29, 1.82) is 0 Å². The Morgan fingerprint density at radius 3 is 2.42 bits per heavy atom. The molecule has 0 saturated heterocycles. The molecule has 1 atom stereocenters. The highest BCUT2D eigenvalue weighted by atomic mass is 32.1. The fourth-order valence-corrected chi connectivity index (χ4v) is 1.21. The number of carbonyl (C=O) groups is 1. The molecule has 0 aromatic carbocycles. The first-order chi connectivity index (χ1) is 5.60. The number of carbonyl (C=O) groups excluding carboxylic acids is 2. The van der Waals surface area contributed by atoms with Gasteiger partial charge in [-0.1, -0.05) is 13.8 Å². The van der Waals surface area contributed by atoms with Crippen LogP contribution in [-0.4, -0.2) is 17.8 Å². The second-order valence-corrected chi connectivity index (χ2v) is 3.66. The van der Waals surface area contributed by atoms with Crippen LogP contribution in [-0.2, 0) is 9.59 Å². The minimum atomic E-state index is -0.232. The SMILES string of the molecule is CC(C)C[C@@H]([C]=O)CC(=O)CS. The van der Waals surface area contributed by atoms with Crippen molar-refractivity contribution >= 4 is 24.7 Å². The van der Waals surface area contributed by atoms with Crippen LogP contribution in [0, 0.1) is 11.8 Å². The van der Waals surface area contributed by atoms with E-state index in [0.29, 0.717) is 12.3 Å². The third-order valence-electron chi connectivity index (χ3n) is 1.57. The minimum absolute atomic E-state index is 0.0207. The highest BCUT2D eigenvalue weighted by Gasteiger charge is 2.14. The van der Waals surface area contributed by atoms with E-state index in [2.05, 4.69) is 12.6 Å². The van der Waals surface area contributed by atoms with Gasteiger partial charge in [0, 0.05) is 18.1 Å². The van der Waals surface area contributed by atoms with Crippen LogP contribution in [0.1, 0.15) is 26.7 Å². The predicted molar refractivity (Wildman–Crippen MR) is 52.1 cm³/mol. The second kappa shape index (κ2) is 6.23. The topological polar surface area (TPSA) is 34.1 Å². The Kier molecular flexibility index (Phi) is 6.07. The number of Topliss-reactive ketones (excluding diaryl/α,β-unsaturated/α-hetero) is 1. The normalized spacial score (nSPS) is 13.0. The molecule has 0 aliphatic heterocycles. The minimum Gasteiger partial charge on any atom is -0.299 e. The summed E-state index contributed by atoms with van der Waals surface area (Å²) in [5.74, 6) is 0.442. The summed E-state index contributed by atoms with van der Waals surface area (Å²) in [5, 5.41) is 0. The standard InChI is InChI=1S/C9H15O2S/c1-7(2)3-8(5-10)4-9(11)6-12/h7-8,12H,3-4,6H2,1-2H3/t8-/m1/s1. The molecule has 69 valence electrons. The van der Waals surface area contributed by atoms with Gasteiger partial charge in [0.25, 0.3) is 0 Å². The highest BCUT2D eigenvalue weighted by molar-refractivity contribution is 7.81. The smallest absolute Gasteiger partial charge is 0.202 e. The number of hydrogen-bond donors (Lipinski definition) is 1. The molecule has 0 saturated carbocycles. The molecule has 0 spiro atoms. The van der Waals surface area contributed by atoms with Gasteiger partial charge in [0.1, 0.15) is 5.78 Å². The maximum Gasteiger partial charge on any atom is 0.202 e. The Labute approximate surface area is 79.1 Å². The van der Waals surface area contributed by atoms with Crippen LogP contribution in [0.4, 0.5) is 0 Å². The maximum absolute atomic E-state index is 10.9. The van der Waals surface area contributed by atoms with Crippen LogP contribution < -0.4 is 0 Å². The van der Waals surface area contributed by atoms with Gasteiger partial charge < -0.3 is 0 Å². The van der Waals surface area contributed by atoms with Crippen molar-refractivity contribution in [3.8, 4) is 0 Å². The molecule has 0 heterocycles. The molecule has 0 N–H and O–H groups in total. The summed E-state index contributed by atoms with van der Waals surface area (Å²) in [6.45, 7) is 4.05. The second-order valence-electron chi connectivity index (χ2n) is 3.35. The Morgan fingerprint density at radius 2 is 2.08 bits per heavy atom. The molecule has 0 aromatic rings. The Bertz CT molecular complexity index is 155. The number of ketones is 1. The first-order valence-corrected chi connectivity index (χ1v) is 4.73. The summed E-state index contributed by atoms with van der Waals surface area (Å²) in [4.78, 5) is 21.3. The average Bonchev–Trinajstić information content (AvgIpc) is 2.02. The molecule has 12 heavy (non-hydrogen) atoms. The molecular formula is C9H15O2S. The zero-order valence-electron chi connectivity index (χ0n) is 7.54. The van der Waals surface area contributed by atoms with Gasteiger partial charge in [-0.25, -0.2) is 0 Å². The summed E-state index contributed by atoms with van der Waals surface area (Å²) >= 11 is 3.84. The lowest BCUT2D eigenvalue weighted by molar-refractivity contribution is -0.117. The average molecular weight is 187 g/mol. The van der Waals surface area contributed by atoms with Crippen molar-refractivity contribution in [3.05, 3.63) is 0 Å². The van der Waals surface area contributed by atoms with Crippen LogP contribution in [0.15, 0.2) is 0 Å². The van der Waals surface area contributed by atoms with E-state index in [1.165, 1.54) is 0 Å². The van der Waals surface area contributed by atoms with Crippen molar-refractivity contribution in [2.75, 3.05) is 5.75 Å². The number of hydrogen-bond acceptors (Lipinski definition) is 3. The van der Waals surface area contributed by atoms with Crippen molar-refractivity contribution in [1.82, 2.24) is 0 Å². The first-order valence-electron chi connectivity index (χ1n) is 4.10. The molecule has 0 bridgehead atoms. The Morgan fingerprint density at radius 1 is 1.50 bits per heavy atom. The van der Waals surface area contributed by atoms with E-state index in [4.69, 9.17) is 0 Å². The van der Waals surface area contributed by atoms with Crippen LogP contribution in [0.5, 0.6) is 0 Å². The van der Waals surface area contributed by atoms with E-state index in [1.54, 1.807) is 0 Å². The summed E-state index contributed by atoms with van der Waals surface area (Å²) in [6, 6.07) is 0. The van der Waals surface area contributed by atoms with Gasteiger partial charge in [-0.3, -0.25) is 9.59 Å². The Hall–Kier alpha value is -0.310. The molecule has 2 nitrogen and oxygen atoms in total. The quantitative estimate of drug-likeness (QED) is 0.641. The summed E-state index contributed by atoms with van der Waals surface area (Å²) in [6.07, 6.45) is 2.93. The van der Waals surface area contributed by atoms with E-state index in [9.17, 15) is 9.59 Å². The predicted octanol–water partition coefficient (Wildman–Crippen LogP) is 1.65.